The second-order valence-corrected chi connectivity index (χ2v) is 25.9. The molecule has 434 valence electrons. The predicted octanol–water partition coefficient (Wildman–Crippen LogP) is -2.12. The fourth-order valence-corrected chi connectivity index (χ4v) is 16.8. The van der Waals surface area contributed by atoms with E-state index >= 15 is 0 Å². The van der Waals surface area contributed by atoms with E-state index in [4.69, 9.17) is 42.6 Å². The number of rotatable bonds is 10. The summed E-state index contributed by atoms with van der Waals surface area (Å²) in [6.45, 7) is 14.0. The van der Waals surface area contributed by atoms with Crippen LogP contribution in [0.4, 0.5) is 0 Å². The van der Waals surface area contributed by atoms with Gasteiger partial charge in [-0.2, -0.15) is 0 Å². The van der Waals surface area contributed by atoms with Crippen molar-refractivity contribution >= 4 is 5.97 Å². The molecule has 5 aliphatic carbocycles. The largest absolute Gasteiger partial charge is 0.455 e. The van der Waals surface area contributed by atoms with Crippen molar-refractivity contribution < 1.29 is 114 Å². The fourth-order valence-electron chi connectivity index (χ4n) is 16.8. The highest BCUT2D eigenvalue weighted by Gasteiger charge is 2.75. The molecule has 11 rings (SSSR count). The molecule has 6 aliphatic heterocycles. The van der Waals surface area contributed by atoms with Crippen LogP contribution in [0.3, 0.4) is 0 Å². The lowest BCUT2D eigenvalue weighted by molar-refractivity contribution is -0.401. The third kappa shape index (κ3) is 8.33. The number of carbonyl (C=O) groups is 1. The van der Waals surface area contributed by atoms with Crippen molar-refractivity contribution in [3.05, 3.63) is 11.1 Å². The van der Waals surface area contributed by atoms with Crippen LogP contribution < -0.4 is 0 Å². The van der Waals surface area contributed by atoms with E-state index in [-0.39, 0.29) is 28.6 Å². The Labute approximate surface area is 441 Å². The topological polar surface area (TPSA) is 363 Å². The molecule has 2 bridgehead atoms. The van der Waals surface area contributed by atoms with E-state index in [9.17, 15) is 71.2 Å². The Morgan fingerprint density at radius 2 is 1.16 bits per heavy atom. The van der Waals surface area contributed by atoms with Gasteiger partial charge in [0.05, 0.1) is 43.5 Å². The Kier molecular flexibility index (Phi) is 15.0. The zero-order chi connectivity index (χ0) is 55.4. The Bertz CT molecular complexity index is 2200. The van der Waals surface area contributed by atoms with Crippen molar-refractivity contribution in [2.45, 2.75) is 253 Å². The van der Waals surface area contributed by atoms with E-state index in [1.165, 1.54) is 6.92 Å². The van der Waals surface area contributed by atoms with Gasteiger partial charge in [0.15, 0.2) is 25.2 Å². The summed E-state index contributed by atoms with van der Waals surface area (Å²) in [4.78, 5) is 13.9. The van der Waals surface area contributed by atoms with Crippen LogP contribution >= 0.6 is 0 Å². The second-order valence-electron chi connectivity index (χ2n) is 25.9. The molecule has 23 nitrogen and oxygen atoms in total. The molecule has 0 amide bonds. The number of ether oxygens (including phenoxy) is 9. The first-order valence-corrected chi connectivity index (χ1v) is 27.4. The average Bonchev–Trinajstić information content (AvgIpc) is 3.51. The maximum atomic E-state index is 13.9. The molecule has 13 N–H and O–H groups in total. The van der Waals surface area contributed by atoms with Crippen molar-refractivity contribution in [2.24, 2.45) is 38.9 Å². The van der Waals surface area contributed by atoms with E-state index in [2.05, 4.69) is 34.6 Å². The lowest BCUT2D eigenvalue weighted by Gasteiger charge is -2.73. The van der Waals surface area contributed by atoms with Gasteiger partial charge in [0.25, 0.3) is 0 Å². The number of fused-ring (bicyclic) bond motifs is 7. The molecule has 0 aromatic heterocycles. The van der Waals surface area contributed by atoms with Crippen molar-refractivity contribution in [1.29, 1.82) is 0 Å². The monoisotopic (exact) mass is 1090 g/mol. The second kappa shape index (κ2) is 19.8. The first-order valence-electron chi connectivity index (χ1n) is 27.4. The Balaban J connectivity index is 0.945. The zero-order valence-electron chi connectivity index (χ0n) is 44.7. The summed E-state index contributed by atoms with van der Waals surface area (Å²) in [5.41, 5.74) is -4.01. The van der Waals surface area contributed by atoms with Crippen LogP contribution in [0, 0.1) is 38.9 Å². The van der Waals surface area contributed by atoms with Crippen LogP contribution in [0.2, 0.25) is 0 Å². The van der Waals surface area contributed by atoms with Gasteiger partial charge in [0.2, 0.25) is 0 Å². The number of aliphatic hydroxyl groups is 13. The number of hydrogen-bond acceptors (Lipinski definition) is 23. The van der Waals surface area contributed by atoms with Crippen molar-refractivity contribution in [3.8, 4) is 0 Å². The predicted molar refractivity (Wildman–Crippen MR) is 256 cm³/mol. The molecule has 6 heterocycles. The van der Waals surface area contributed by atoms with Gasteiger partial charge in [-0.3, -0.25) is 4.79 Å². The SMILES string of the molecule is C[C@@H]1O[C@@H](O[C@H]2[C@H](O[C@H]3CC[C@]4(C)[C@H](CC[C@@]5(C)[C@H]4C[C@H](O)C4=C6[C@@]7(CC[C@@](C)(OC7=O)[C@@]6(C)O)CC[C@]45C)C3(C)C)OC[C@@H](O)[C@H]2O[C@@H]2O[C@H](CO)[C@@H](O)[C@@H](O)[C@@H]2O[C@@H]2O[C@H](CO)[C@H](O)[C@H](O)[C@H]2O)[C@H](O)[C@@H](O)[C@@H]1O. The number of aliphatic hydroxyl groups excluding tert-OH is 12. The Morgan fingerprint density at radius 1 is 0.579 bits per heavy atom. The summed E-state index contributed by atoms with van der Waals surface area (Å²) in [7, 11) is 0. The molecule has 76 heavy (non-hydrogen) atoms. The minimum atomic E-state index is -1.97. The average molecular weight is 1090 g/mol. The minimum Gasteiger partial charge on any atom is -0.455 e. The van der Waals surface area contributed by atoms with E-state index in [1.807, 2.05) is 0 Å². The number of carbonyl (C=O) groups excluding carboxylic acids is 1. The van der Waals surface area contributed by atoms with E-state index in [1.54, 1.807) is 13.8 Å². The Hall–Kier alpha value is -1.63. The van der Waals surface area contributed by atoms with Gasteiger partial charge in [-0.15, -0.1) is 0 Å². The highest BCUT2D eigenvalue weighted by atomic mass is 16.8. The number of hydrogen-bond donors (Lipinski definition) is 13. The van der Waals surface area contributed by atoms with Crippen molar-refractivity contribution in [1.82, 2.24) is 0 Å². The van der Waals surface area contributed by atoms with Gasteiger partial charge in [0.1, 0.15) is 96.7 Å². The smallest absolute Gasteiger partial charge is 0.317 e. The normalized spacial score (nSPS) is 57.0. The van der Waals surface area contributed by atoms with Crippen LogP contribution in [0.1, 0.15) is 113 Å². The summed E-state index contributed by atoms with van der Waals surface area (Å²) in [6.07, 6.45) is -28.3. The highest BCUT2D eigenvalue weighted by molar-refractivity contribution is 5.86. The van der Waals surface area contributed by atoms with Gasteiger partial charge in [-0.05, 0) is 123 Å². The summed E-state index contributed by atoms with van der Waals surface area (Å²) >= 11 is 0. The first kappa shape index (κ1) is 57.6. The van der Waals surface area contributed by atoms with Gasteiger partial charge >= 0.3 is 5.97 Å². The number of esters is 1. The van der Waals surface area contributed by atoms with Gasteiger partial charge in [-0.25, -0.2) is 0 Å². The van der Waals surface area contributed by atoms with E-state index in [0.717, 1.165) is 18.4 Å². The Morgan fingerprint density at radius 3 is 1.80 bits per heavy atom. The first-order chi connectivity index (χ1) is 35.5. The molecule has 4 saturated carbocycles. The molecule has 1 spiro atoms. The fraction of sp³-hybridized carbons (Fsp3) is 0.943. The molecule has 29 atom stereocenters. The molecule has 11 aliphatic rings. The highest BCUT2D eigenvalue weighted by Crippen LogP contribution is 2.77. The third-order valence-corrected chi connectivity index (χ3v) is 21.7. The molecule has 0 aromatic rings. The van der Waals surface area contributed by atoms with Crippen LogP contribution in [0.15, 0.2) is 11.1 Å². The zero-order valence-corrected chi connectivity index (χ0v) is 44.7. The summed E-state index contributed by atoms with van der Waals surface area (Å²) in [5, 5.41) is 144. The van der Waals surface area contributed by atoms with Crippen LogP contribution in [-0.2, 0) is 47.4 Å². The summed E-state index contributed by atoms with van der Waals surface area (Å²) in [5.74, 6) is -0.316. The summed E-state index contributed by atoms with van der Waals surface area (Å²) in [6, 6.07) is 0. The molecule has 6 saturated heterocycles. The van der Waals surface area contributed by atoms with Crippen molar-refractivity contribution in [3.63, 3.8) is 0 Å². The van der Waals surface area contributed by atoms with Crippen LogP contribution in [0.25, 0.3) is 0 Å². The molecular weight excluding hydrogens is 1000 g/mol. The summed E-state index contributed by atoms with van der Waals surface area (Å²) < 4.78 is 55.5. The van der Waals surface area contributed by atoms with Gasteiger partial charge < -0.3 is 109 Å². The molecule has 0 unspecified atom stereocenters. The molecule has 0 radical (unpaired) electrons. The van der Waals surface area contributed by atoms with Crippen LogP contribution in [-0.4, -0.2) is 232 Å². The van der Waals surface area contributed by atoms with E-state index in [0.29, 0.717) is 50.5 Å². The maximum absolute atomic E-state index is 13.9. The third-order valence-electron chi connectivity index (χ3n) is 21.7. The van der Waals surface area contributed by atoms with Gasteiger partial charge in [0, 0.05) is 0 Å². The molecule has 0 aromatic carbocycles. The van der Waals surface area contributed by atoms with Gasteiger partial charge in [-0.1, -0.05) is 34.6 Å². The van der Waals surface area contributed by atoms with Crippen LogP contribution in [0.5, 0.6) is 0 Å². The van der Waals surface area contributed by atoms with E-state index < -0.39 is 176 Å². The molecule has 10 fully saturated rings. The minimum absolute atomic E-state index is 0.000302. The van der Waals surface area contributed by atoms with Crippen molar-refractivity contribution in [2.75, 3.05) is 19.8 Å². The maximum Gasteiger partial charge on any atom is 0.317 e. The molecular formula is C53H84O23. The lowest BCUT2D eigenvalue weighted by Crippen LogP contribution is -2.72. The molecule has 23 heteroatoms. The standard InChI is InChI=1S/C53H84O23/c1-21-30(58)33(61)36(64)42(69-21)75-40-38(73-45-39(35(63)32(60)25(19-55)71-45)74-43-37(65)34(62)31(59)24(18-54)70-43)23(57)20-68-44(40)72-28-10-11-48(4)26(47(28,2)3)9-12-49(5)27(48)17-22(56)29-41-52(8,67)51(7)14-16-53(41,46(66)76-51)15-13-50(29,49)6/h21-28,30-40,42-45,54-65,67H,9-20H2,1-8H3/t21-,22-,23+,24+,25+,26+,27-,28-,30+,31-,32+,33-,34-,35+,36+,37+,38+,39-,40+,42-,43-,44-,45-,48+,49-,50+,51+,52-,53-/m0/s1. The quantitative estimate of drug-likeness (QED) is 0.0632. The lowest BCUT2D eigenvalue weighted by atomic mass is 9.33.